The van der Waals surface area contributed by atoms with Gasteiger partial charge in [-0.25, -0.2) is 5.01 Å². The number of ether oxygens (including phenoxy) is 1. The fraction of sp³-hybridized carbons (Fsp3) is 0.364. The molecule has 1 saturated heterocycles. The summed E-state index contributed by atoms with van der Waals surface area (Å²) in [5, 5.41) is 1.87. The van der Waals surface area contributed by atoms with E-state index in [0.717, 1.165) is 16.7 Å². The van der Waals surface area contributed by atoms with Gasteiger partial charge in [-0.2, -0.15) is 0 Å². The molecule has 92 valence electrons. The minimum Gasteiger partial charge on any atom is -0.398 e. The minimum absolute atomic E-state index is 0.107. The van der Waals surface area contributed by atoms with Crippen LogP contribution in [0.3, 0.4) is 0 Å². The molecule has 0 saturated carbocycles. The van der Waals surface area contributed by atoms with Gasteiger partial charge in [0.2, 0.25) is 0 Å². The van der Waals surface area contributed by atoms with E-state index in [0.29, 0.717) is 24.5 Å². The highest BCUT2D eigenvalue weighted by Gasteiger charge is 2.14. The number of nitrogen functional groups attached to an aromatic ring is 1. The number of hydrazine groups is 1. The van der Waals surface area contributed by atoms with E-state index < -0.39 is 0 Å². The average molecular weight is 347 g/mol. The fourth-order valence-electron chi connectivity index (χ4n) is 1.55. The zero-order valence-corrected chi connectivity index (χ0v) is 11.4. The molecule has 1 aromatic carbocycles. The number of hydrogen-bond donors (Lipinski definition) is 2. The van der Waals surface area contributed by atoms with Gasteiger partial charge in [-0.3, -0.25) is 10.2 Å². The first-order valence-electron chi connectivity index (χ1n) is 5.35. The van der Waals surface area contributed by atoms with Gasteiger partial charge in [0.25, 0.3) is 5.91 Å². The lowest BCUT2D eigenvalue weighted by Gasteiger charge is -2.26. The van der Waals surface area contributed by atoms with E-state index in [1.54, 1.807) is 18.2 Å². The molecule has 1 amide bonds. The number of benzene rings is 1. The number of hydrogen-bond acceptors (Lipinski definition) is 4. The molecule has 3 N–H and O–H groups in total. The Morgan fingerprint density at radius 2 is 2.12 bits per heavy atom. The number of halogens is 1. The third kappa shape index (κ3) is 3.30. The van der Waals surface area contributed by atoms with Gasteiger partial charge >= 0.3 is 0 Å². The van der Waals surface area contributed by atoms with Crippen LogP contribution < -0.4 is 11.2 Å². The third-order valence-corrected chi connectivity index (χ3v) is 3.47. The quantitative estimate of drug-likeness (QED) is 0.615. The lowest BCUT2D eigenvalue weighted by Crippen LogP contribution is -2.48. The molecule has 0 aromatic heterocycles. The van der Waals surface area contributed by atoms with E-state index in [1.165, 1.54) is 0 Å². The molecule has 0 aliphatic carbocycles. The summed E-state index contributed by atoms with van der Waals surface area (Å²) in [7, 11) is 0. The van der Waals surface area contributed by atoms with Gasteiger partial charge in [-0.05, 0) is 40.8 Å². The number of carbonyl (C=O) groups excluding carboxylic acids is 1. The summed E-state index contributed by atoms with van der Waals surface area (Å²) >= 11 is 2.12. The van der Waals surface area contributed by atoms with E-state index in [1.807, 2.05) is 5.01 Å². The topological polar surface area (TPSA) is 67.6 Å². The van der Waals surface area contributed by atoms with E-state index >= 15 is 0 Å². The maximum atomic E-state index is 11.9. The number of rotatable bonds is 2. The highest BCUT2D eigenvalue weighted by Crippen LogP contribution is 2.16. The number of nitrogens with two attached hydrogens (primary N) is 1. The lowest BCUT2D eigenvalue weighted by molar-refractivity contribution is 0.0126. The van der Waals surface area contributed by atoms with Crippen LogP contribution in [0.5, 0.6) is 0 Å². The van der Waals surface area contributed by atoms with Crippen molar-refractivity contribution in [2.75, 3.05) is 32.0 Å². The predicted octanol–water partition coefficient (Wildman–Crippen LogP) is 0.850. The highest BCUT2D eigenvalue weighted by molar-refractivity contribution is 14.1. The van der Waals surface area contributed by atoms with Gasteiger partial charge in [0.1, 0.15) is 0 Å². The monoisotopic (exact) mass is 347 g/mol. The van der Waals surface area contributed by atoms with Gasteiger partial charge in [-0.1, -0.05) is 0 Å². The zero-order valence-electron chi connectivity index (χ0n) is 9.28. The molecular weight excluding hydrogens is 333 g/mol. The van der Waals surface area contributed by atoms with Crippen LogP contribution in [0, 0.1) is 3.57 Å². The number of amides is 1. The Bertz CT molecular complexity index is 419. The molecular formula is C11H14IN3O2. The molecule has 0 radical (unpaired) electrons. The third-order valence-electron chi connectivity index (χ3n) is 2.53. The van der Waals surface area contributed by atoms with Crippen LogP contribution in [-0.2, 0) is 4.74 Å². The fourth-order valence-corrected chi connectivity index (χ4v) is 2.07. The summed E-state index contributed by atoms with van der Waals surface area (Å²) in [4.78, 5) is 11.9. The first-order chi connectivity index (χ1) is 8.16. The maximum absolute atomic E-state index is 11.9. The van der Waals surface area contributed by atoms with Crippen LogP contribution in [0.2, 0.25) is 0 Å². The van der Waals surface area contributed by atoms with Crippen molar-refractivity contribution < 1.29 is 9.53 Å². The number of anilines is 1. The second-order valence-electron chi connectivity index (χ2n) is 3.78. The molecule has 0 atom stereocenters. The summed E-state index contributed by atoms with van der Waals surface area (Å²) in [6, 6.07) is 5.26. The first kappa shape index (κ1) is 12.6. The van der Waals surface area contributed by atoms with Crippen molar-refractivity contribution in [3.05, 3.63) is 27.3 Å². The second-order valence-corrected chi connectivity index (χ2v) is 4.94. The van der Waals surface area contributed by atoms with Crippen molar-refractivity contribution in [3.63, 3.8) is 0 Å². The molecule has 1 aromatic rings. The average Bonchev–Trinajstić information content (AvgIpc) is 2.34. The number of morpholine rings is 1. The Hall–Kier alpha value is -0.860. The second kappa shape index (κ2) is 5.65. The summed E-state index contributed by atoms with van der Waals surface area (Å²) in [6.07, 6.45) is 0. The summed E-state index contributed by atoms with van der Waals surface area (Å²) < 4.78 is 6.10. The van der Waals surface area contributed by atoms with Crippen LogP contribution in [0.15, 0.2) is 18.2 Å². The molecule has 0 unspecified atom stereocenters. The number of carbonyl (C=O) groups is 1. The molecule has 17 heavy (non-hydrogen) atoms. The van der Waals surface area contributed by atoms with Crippen LogP contribution in [0.4, 0.5) is 5.69 Å². The Morgan fingerprint density at radius 3 is 2.76 bits per heavy atom. The van der Waals surface area contributed by atoms with Crippen molar-refractivity contribution in [2.24, 2.45) is 0 Å². The molecule has 2 rings (SSSR count). The molecule has 1 aliphatic heterocycles. The van der Waals surface area contributed by atoms with E-state index in [2.05, 4.69) is 28.0 Å². The Kier molecular flexibility index (Phi) is 4.19. The molecule has 0 bridgehead atoms. The van der Waals surface area contributed by atoms with Crippen LogP contribution in [0.1, 0.15) is 10.4 Å². The maximum Gasteiger partial charge on any atom is 0.265 e. The molecule has 1 aliphatic rings. The molecule has 1 fully saturated rings. The smallest absolute Gasteiger partial charge is 0.265 e. The van der Waals surface area contributed by atoms with Gasteiger partial charge in [-0.15, -0.1) is 0 Å². The highest BCUT2D eigenvalue weighted by atomic mass is 127. The van der Waals surface area contributed by atoms with Crippen LogP contribution in [0.25, 0.3) is 0 Å². The zero-order chi connectivity index (χ0) is 12.3. The summed E-state index contributed by atoms with van der Waals surface area (Å²) in [6.45, 7) is 2.74. The first-order valence-corrected chi connectivity index (χ1v) is 6.43. The molecule has 6 heteroatoms. The predicted molar refractivity (Wildman–Crippen MR) is 73.4 cm³/mol. The molecule has 0 spiro atoms. The number of nitrogens with zero attached hydrogens (tertiary/aromatic N) is 1. The van der Waals surface area contributed by atoms with Crippen molar-refractivity contribution in [1.29, 1.82) is 0 Å². The van der Waals surface area contributed by atoms with Gasteiger partial charge in [0.05, 0.1) is 13.2 Å². The molecule has 5 nitrogen and oxygen atoms in total. The van der Waals surface area contributed by atoms with E-state index in [4.69, 9.17) is 10.5 Å². The van der Waals surface area contributed by atoms with E-state index in [-0.39, 0.29) is 5.91 Å². The van der Waals surface area contributed by atoms with Crippen LogP contribution >= 0.6 is 22.6 Å². The van der Waals surface area contributed by atoms with Crippen LogP contribution in [-0.4, -0.2) is 37.2 Å². The Labute approximate surface area is 113 Å². The van der Waals surface area contributed by atoms with Gasteiger partial charge in [0.15, 0.2) is 0 Å². The van der Waals surface area contributed by atoms with Gasteiger partial charge in [0, 0.05) is 27.9 Å². The Balaban J connectivity index is 2.01. The standard InChI is InChI=1S/C11H14IN3O2/c12-9-7-8(1-2-10(9)13)11(16)14-15-3-5-17-6-4-15/h1-2,7H,3-6,13H2,(H,14,16). The SMILES string of the molecule is Nc1ccc(C(=O)NN2CCOCC2)cc1I. The summed E-state index contributed by atoms with van der Waals surface area (Å²) in [5.74, 6) is -0.107. The molecule has 1 heterocycles. The summed E-state index contributed by atoms with van der Waals surface area (Å²) in [5.41, 5.74) is 9.87. The largest absolute Gasteiger partial charge is 0.398 e. The van der Waals surface area contributed by atoms with Crippen molar-refractivity contribution in [1.82, 2.24) is 10.4 Å². The van der Waals surface area contributed by atoms with Crippen molar-refractivity contribution >= 4 is 34.2 Å². The van der Waals surface area contributed by atoms with Crippen molar-refractivity contribution in [3.8, 4) is 0 Å². The van der Waals surface area contributed by atoms with Gasteiger partial charge < -0.3 is 10.5 Å². The minimum atomic E-state index is -0.107. The van der Waals surface area contributed by atoms with Crippen molar-refractivity contribution in [2.45, 2.75) is 0 Å². The Morgan fingerprint density at radius 1 is 1.41 bits per heavy atom. The lowest BCUT2D eigenvalue weighted by atomic mass is 10.2. The van der Waals surface area contributed by atoms with E-state index in [9.17, 15) is 4.79 Å². The number of nitrogens with one attached hydrogen (secondary N) is 1. The normalized spacial score (nSPS) is 16.8.